The lowest BCUT2D eigenvalue weighted by atomic mass is 10.1. The maximum absolute atomic E-state index is 13.0. The molecule has 9 nitrogen and oxygen atoms in total. The summed E-state index contributed by atoms with van der Waals surface area (Å²) in [5.74, 6) is 0.372. The van der Waals surface area contributed by atoms with Crippen molar-refractivity contribution in [2.75, 3.05) is 24.9 Å². The van der Waals surface area contributed by atoms with Gasteiger partial charge in [-0.3, -0.25) is 9.52 Å². The molecule has 0 unspecified atom stereocenters. The molecule has 1 N–H and O–H groups in total. The first-order valence-electron chi connectivity index (χ1n) is 9.78. The maximum Gasteiger partial charge on any atom is 0.316 e. The summed E-state index contributed by atoms with van der Waals surface area (Å²) in [4.78, 5) is 18.4. The fraction of sp³-hybridized carbons (Fsp3) is 0.286. The third kappa shape index (κ3) is 4.38. The number of methoxy groups -OCH3 is 1. The van der Waals surface area contributed by atoms with E-state index in [0.29, 0.717) is 35.7 Å². The SMILES string of the molecule is COc1ccc(NS(=O)(=O)c2cc(-c3noc(C(=O)N4CCCC4)n3)ccc2C)cc1. The number of nitrogens with one attached hydrogen (secondary N) is 1. The van der Waals surface area contributed by atoms with Crippen LogP contribution in [0.3, 0.4) is 0 Å². The van der Waals surface area contributed by atoms with Gasteiger partial charge in [0.05, 0.1) is 12.0 Å². The number of ether oxygens (including phenoxy) is 1. The van der Waals surface area contributed by atoms with Gasteiger partial charge < -0.3 is 14.2 Å². The number of likely N-dealkylation sites (tertiary alicyclic amines) is 1. The predicted octanol–water partition coefficient (Wildman–Crippen LogP) is 3.09. The van der Waals surface area contributed by atoms with Gasteiger partial charge in [0.15, 0.2) is 0 Å². The summed E-state index contributed by atoms with van der Waals surface area (Å²) in [6.07, 6.45) is 1.90. The molecule has 162 valence electrons. The summed E-state index contributed by atoms with van der Waals surface area (Å²) in [6, 6.07) is 11.4. The minimum Gasteiger partial charge on any atom is -0.497 e. The minimum atomic E-state index is -3.87. The Morgan fingerprint density at radius 1 is 1.13 bits per heavy atom. The number of rotatable bonds is 6. The van der Waals surface area contributed by atoms with Gasteiger partial charge in [0.1, 0.15) is 5.75 Å². The smallest absolute Gasteiger partial charge is 0.316 e. The predicted molar refractivity (Wildman–Crippen MR) is 113 cm³/mol. The van der Waals surface area contributed by atoms with Gasteiger partial charge in [-0.2, -0.15) is 4.98 Å². The zero-order valence-electron chi connectivity index (χ0n) is 17.2. The van der Waals surface area contributed by atoms with Gasteiger partial charge in [-0.25, -0.2) is 8.42 Å². The highest BCUT2D eigenvalue weighted by atomic mass is 32.2. The highest BCUT2D eigenvalue weighted by Crippen LogP contribution is 2.26. The van der Waals surface area contributed by atoms with E-state index in [1.165, 1.54) is 13.2 Å². The molecule has 10 heteroatoms. The van der Waals surface area contributed by atoms with Gasteiger partial charge in [0, 0.05) is 24.3 Å². The summed E-state index contributed by atoms with van der Waals surface area (Å²) in [5, 5.41) is 3.87. The third-order valence-electron chi connectivity index (χ3n) is 5.08. The van der Waals surface area contributed by atoms with Crippen LogP contribution in [0, 0.1) is 6.92 Å². The topological polar surface area (TPSA) is 115 Å². The van der Waals surface area contributed by atoms with Crippen molar-refractivity contribution < 1.29 is 22.5 Å². The van der Waals surface area contributed by atoms with Crippen molar-refractivity contribution in [3.05, 3.63) is 53.9 Å². The number of aryl methyl sites for hydroxylation is 1. The molecule has 2 heterocycles. The van der Waals surface area contributed by atoms with Gasteiger partial charge in [0.25, 0.3) is 10.0 Å². The second kappa shape index (κ2) is 8.38. The molecule has 3 aromatic rings. The molecule has 0 atom stereocenters. The van der Waals surface area contributed by atoms with Crippen LogP contribution in [0.25, 0.3) is 11.4 Å². The molecule has 1 fully saturated rings. The molecule has 4 rings (SSSR count). The zero-order chi connectivity index (χ0) is 22.0. The number of hydrogen-bond donors (Lipinski definition) is 1. The van der Waals surface area contributed by atoms with Crippen molar-refractivity contribution in [2.24, 2.45) is 0 Å². The van der Waals surface area contributed by atoms with E-state index in [1.807, 2.05) is 0 Å². The number of amides is 1. The Kier molecular flexibility index (Phi) is 5.64. The summed E-state index contributed by atoms with van der Waals surface area (Å²) in [7, 11) is -2.33. The monoisotopic (exact) mass is 442 g/mol. The van der Waals surface area contributed by atoms with Crippen molar-refractivity contribution in [3.8, 4) is 17.1 Å². The molecule has 1 aliphatic rings. The number of aromatic nitrogens is 2. The Hall–Kier alpha value is -3.40. The highest BCUT2D eigenvalue weighted by molar-refractivity contribution is 7.92. The van der Waals surface area contributed by atoms with Crippen LogP contribution in [-0.4, -0.2) is 49.6 Å². The van der Waals surface area contributed by atoms with Crippen LogP contribution in [-0.2, 0) is 10.0 Å². The molecule has 1 aliphatic heterocycles. The van der Waals surface area contributed by atoms with Crippen LogP contribution < -0.4 is 9.46 Å². The number of sulfonamides is 1. The molecule has 1 aromatic heterocycles. The summed E-state index contributed by atoms with van der Waals surface area (Å²) in [5.41, 5.74) is 1.40. The number of anilines is 1. The Morgan fingerprint density at radius 2 is 1.84 bits per heavy atom. The lowest BCUT2D eigenvalue weighted by Gasteiger charge is -2.12. The number of carbonyl (C=O) groups excluding carboxylic acids is 1. The van der Waals surface area contributed by atoms with Gasteiger partial charge in [-0.15, -0.1) is 0 Å². The van der Waals surface area contributed by atoms with Crippen LogP contribution in [0.1, 0.15) is 29.1 Å². The van der Waals surface area contributed by atoms with Crippen LogP contribution in [0.15, 0.2) is 51.9 Å². The summed E-state index contributed by atoms with van der Waals surface area (Å²) in [6.45, 7) is 3.03. The third-order valence-corrected chi connectivity index (χ3v) is 6.60. The van der Waals surface area contributed by atoms with E-state index in [2.05, 4.69) is 14.9 Å². The number of nitrogens with zero attached hydrogens (tertiary/aromatic N) is 3. The fourth-order valence-corrected chi connectivity index (χ4v) is 4.71. The molecule has 1 saturated heterocycles. The molecule has 0 saturated carbocycles. The number of carbonyl (C=O) groups is 1. The van der Waals surface area contributed by atoms with Crippen molar-refractivity contribution in [3.63, 3.8) is 0 Å². The molecule has 0 radical (unpaired) electrons. The van der Waals surface area contributed by atoms with Crippen LogP contribution in [0.2, 0.25) is 0 Å². The van der Waals surface area contributed by atoms with E-state index in [4.69, 9.17) is 9.26 Å². The van der Waals surface area contributed by atoms with E-state index in [-0.39, 0.29) is 22.5 Å². The largest absolute Gasteiger partial charge is 0.497 e. The quantitative estimate of drug-likeness (QED) is 0.624. The molecule has 0 aliphatic carbocycles. The normalized spacial score (nSPS) is 13.9. The summed E-state index contributed by atoms with van der Waals surface area (Å²) < 4.78 is 38.7. The fourth-order valence-electron chi connectivity index (χ4n) is 3.38. The van der Waals surface area contributed by atoms with E-state index in [9.17, 15) is 13.2 Å². The molecule has 0 bridgehead atoms. The van der Waals surface area contributed by atoms with Gasteiger partial charge in [-0.05, 0) is 55.7 Å². The lowest BCUT2D eigenvalue weighted by molar-refractivity contribution is 0.0743. The second-order valence-electron chi connectivity index (χ2n) is 7.24. The molecule has 2 aromatic carbocycles. The van der Waals surface area contributed by atoms with Gasteiger partial charge >= 0.3 is 11.8 Å². The van der Waals surface area contributed by atoms with Crippen molar-refractivity contribution in [2.45, 2.75) is 24.7 Å². The second-order valence-corrected chi connectivity index (χ2v) is 8.89. The maximum atomic E-state index is 13.0. The average Bonchev–Trinajstić information content (AvgIpc) is 3.46. The Labute approximate surface area is 180 Å². The van der Waals surface area contributed by atoms with Gasteiger partial charge in [-0.1, -0.05) is 17.3 Å². The van der Waals surface area contributed by atoms with Gasteiger partial charge in [0.2, 0.25) is 5.82 Å². The summed E-state index contributed by atoms with van der Waals surface area (Å²) >= 11 is 0. The van der Waals surface area contributed by atoms with Crippen molar-refractivity contribution >= 4 is 21.6 Å². The Balaban J connectivity index is 1.60. The first kappa shape index (κ1) is 20.9. The van der Waals surface area contributed by atoms with E-state index < -0.39 is 10.0 Å². The molecular weight excluding hydrogens is 420 g/mol. The van der Waals surface area contributed by atoms with E-state index in [0.717, 1.165) is 12.8 Å². The van der Waals surface area contributed by atoms with Crippen LogP contribution in [0.5, 0.6) is 5.75 Å². The molecule has 0 spiro atoms. The lowest BCUT2D eigenvalue weighted by Crippen LogP contribution is -2.27. The molecule has 1 amide bonds. The zero-order valence-corrected chi connectivity index (χ0v) is 18.0. The average molecular weight is 442 g/mol. The van der Waals surface area contributed by atoms with Crippen LogP contribution in [0.4, 0.5) is 5.69 Å². The van der Waals surface area contributed by atoms with Crippen LogP contribution >= 0.6 is 0 Å². The number of hydrogen-bond acceptors (Lipinski definition) is 7. The Morgan fingerprint density at radius 3 is 2.52 bits per heavy atom. The Bertz CT molecular complexity index is 1200. The minimum absolute atomic E-state index is 0.0815. The molecular formula is C21H22N4O5S. The van der Waals surface area contributed by atoms with Crippen molar-refractivity contribution in [1.82, 2.24) is 15.0 Å². The number of benzene rings is 2. The highest BCUT2D eigenvalue weighted by Gasteiger charge is 2.26. The van der Waals surface area contributed by atoms with Crippen molar-refractivity contribution in [1.29, 1.82) is 0 Å². The molecule has 31 heavy (non-hydrogen) atoms. The first-order chi connectivity index (χ1) is 14.9. The van der Waals surface area contributed by atoms with E-state index in [1.54, 1.807) is 48.2 Å². The first-order valence-corrected chi connectivity index (χ1v) is 11.3. The standard InChI is InChI=1S/C21H22N4O5S/c1-14-5-6-15(19-22-20(30-23-19)21(26)25-11-3-4-12-25)13-18(14)31(27,28)24-16-7-9-17(29-2)10-8-16/h5-10,13,24H,3-4,11-12H2,1-2H3. The van der Waals surface area contributed by atoms with E-state index >= 15 is 0 Å².